The lowest BCUT2D eigenvalue weighted by atomic mass is 9.92. The predicted octanol–water partition coefficient (Wildman–Crippen LogP) is 5.51. The van der Waals surface area contributed by atoms with Crippen LogP contribution in [-0.2, 0) is 11.2 Å². The molecular formula is C23H21Cl2NO2. The zero-order valence-electron chi connectivity index (χ0n) is 15.3. The Morgan fingerprint density at radius 1 is 0.857 bits per heavy atom. The molecule has 0 aromatic heterocycles. The Labute approximate surface area is 175 Å². The van der Waals surface area contributed by atoms with Crippen molar-refractivity contribution in [1.82, 2.24) is 5.32 Å². The third-order valence-electron chi connectivity index (χ3n) is 4.40. The molecular weight excluding hydrogens is 393 g/mol. The van der Waals surface area contributed by atoms with Gasteiger partial charge in [0.1, 0.15) is 5.75 Å². The van der Waals surface area contributed by atoms with Crippen LogP contribution < -0.4 is 10.1 Å². The summed E-state index contributed by atoms with van der Waals surface area (Å²) in [7, 11) is 0. The minimum atomic E-state index is -0.154. The third kappa shape index (κ3) is 6.29. The van der Waals surface area contributed by atoms with Crippen LogP contribution in [0.4, 0.5) is 0 Å². The molecule has 144 valence electrons. The summed E-state index contributed by atoms with van der Waals surface area (Å²) in [4.78, 5) is 12.2. The van der Waals surface area contributed by atoms with Gasteiger partial charge in [-0.25, -0.2) is 0 Å². The molecule has 0 fully saturated rings. The number of rotatable bonds is 8. The third-order valence-corrected chi connectivity index (χ3v) is 4.90. The first-order valence-corrected chi connectivity index (χ1v) is 9.80. The van der Waals surface area contributed by atoms with Crippen molar-refractivity contribution >= 4 is 29.1 Å². The van der Waals surface area contributed by atoms with Crippen LogP contribution >= 0.6 is 23.2 Å². The van der Waals surface area contributed by atoms with Crippen molar-refractivity contribution in [3.63, 3.8) is 0 Å². The van der Waals surface area contributed by atoms with Gasteiger partial charge in [0.05, 0.1) is 0 Å². The van der Waals surface area contributed by atoms with Gasteiger partial charge in [0.25, 0.3) is 5.91 Å². The molecule has 0 saturated carbocycles. The number of benzene rings is 3. The van der Waals surface area contributed by atoms with Gasteiger partial charge in [-0.2, -0.15) is 0 Å². The van der Waals surface area contributed by atoms with Crippen LogP contribution in [0.2, 0.25) is 10.0 Å². The van der Waals surface area contributed by atoms with Gasteiger partial charge in [-0.15, -0.1) is 0 Å². The van der Waals surface area contributed by atoms with E-state index in [0.29, 0.717) is 22.3 Å². The van der Waals surface area contributed by atoms with Crippen LogP contribution in [0.15, 0.2) is 78.9 Å². The summed E-state index contributed by atoms with van der Waals surface area (Å²) >= 11 is 12.0. The first-order valence-electron chi connectivity index (χ1n) is 9.04. The summed E-state index contributed by atoms with van der Waals surface area (Å²) in [6.07, 6.45) is 0.776. The largest absolute Gasteiger partial charge is 0.484 e. The molecule has 1 amide bonds. The van der Waals surface area contributed by atoms with Gasteiger partial charge in [0.2, 0.25) is 0 Å². The van der Waals surface area contributed by atoms with Gasteiger partial charge >= 0.3 is 0 Å². The summed E-state index contributed by atoms with van der Waals surface area (Å²) in [5.41, 5.74) is 2.27. The maximum absolute atomic E-state index is 12.2. The van der Waals surface area contributed by atoms with Crippen LogP contribution in [-0.4, -0.2) is 19.1 Å². The van der Waals surface area contributed by atoms with Gasteiger partial charge in [-0.05, 0) is 53.9 Å². The van der Waals surface area contributed by atoms with Crippen molar-refractivity contribution in [2.45, 2.75) is 12.3 Å². The molecule has 0 aliphatic heterocycles. The van der Waals surface area contributed by atoms with E-state index in [1.54, 1.807) is 0 Å². The molecule has 1 N–H and O–H groups in total. The van der Waals surface area contributed by atoms with Gasteiger partial charge in [0, 0.05) is 22.5 Å². The van der Waals surface area contributed by atoms with E-state index < -0.39 is 0 Å². The van der Waals surface area contributed by atoms with Crippen molar-refractivity contribution in [3.8, 4) is 5.75 Å². The Bertz CT molecular complexity index is 881. The molecule has 0 aliphatic carbocycles. The average molecular weight is 414 g/mol. The molecule has 0 aliphatic rings. The van der Waals surface area contributed by atoms with Crippen molar-refractivity contribution < 1.29 is 9.53 Å². The van der Waals surface area contributed by atoms with Crippen molar-refractivity contribution in [3.05, 3.63) is 100 Å². The molecule has 1 atom stereocenters. The molecule has 28 heavy (non-hydrogen) atoms. The van der Waals surface area contributed by atoms with Crippen LogP contribution in [0.3, 0.4) is 0 Å². The van der Waals surface area contributed by atoms with Crippen molar-refractivity contribution in [2.75, 3.05) is 13.2 Å². The fraction of sp³-hybridized carbons (Fsp3) is 0.174. The van der Waals surface area contributed by atoms with E-state index >= 15 is 0 Å². The highest BCUT2D eigenvalue weighted by atomic mass is 35.5. The fourth-order valence-electron chi connectivity index (χ4n) is 2.90. The maximum Gasteiger partial charge on any atom is 0.257 e. The number of hydrogen-bond donors (Lipinski definition) is 1. The van der Waals surface area contributed by atoms with Gasteiger partial charge in [-0.3, -0.25) is 4.79 Å². The lowest BCUT2D eigenvalue weighted by Gasteiger charge is -2.19. The monoisotopic (exact) mass is 413 g/mol. The molecule has 0 heterocycles. The van der Waals surface area contributed by atoms with E-state index in [4.69, 9.17) is 27.9 Å². The molecule has 0 spiro atoms. The lowest BCUT2D eigenvalue weighted by molar-refractivity contribution is -0.123. The lowest BCUT2D eigenvalue weighted by Crippen LogP contribution is -2.33. The van der Waals surface area contributed by atoms with Crippen LogP contribution in [0.5, 0.6) is 5.75 Å². The second-order valence-corrected chi connectivity index (χ2v) is 7.36. The van der Waals surface area contributed by atoms with E-state index in [1.165, 1.54) is 0 Å². The molecule has 0 radical (unpaired) electrons. The highest BCUT2D eigenvalue weighted by molar-refractivity contribution is 6.30. The predicted molar refractivity (Wildman–Crippen MR) is 114 cm³/mol. The van der Waals surface area contributed by atoms with E-state index in [1.807, 2.05) is 78.9 Å². The van der Waals surface area contributed by atoms with Crippen LogP contribution in [0.25, 0.3) is 0 Å². The molecule has 0 unspecified atom stereocenters. The van der Waals surface area contributed by atoms with E-state index in [0.717, 1.165) is 17.5 Å². The van der Waals surface area contributed by atoms with Gasteiger partial charge in [0.15, 0.2) is 6.61 Å². The first-order chi connectivity index (χ1) is 13.6. The topological polar surface area (TPSA) is 38.3 Å². The van der Waals surface area contributed by atoms with E-state index in [-0.39, 0.29) is 18.4 Å². The second kappa shape index (κ2) is 10.2. The smallest absolute Gasteiger partial charge is 0.257 e. The van der Waals surface area contributed by atoms with Crippen LogP contribution in [0.1, 0.15) is 17.0 Å². The Kier molecular flexibility index (Phi) is 7.35. The number of halogens is 2. The van der Waals surface area contributed by atoms with E-state index in [2.05, 4.69) is 5.32 Å². The fourth-order valence-corrected chi connectivity index (χ4v) is 3.15. The number of carbonyl (C=O) groups excluding carboxylic acids is 1. The molecule has 5 heteroatoms. The van der Waals surface area contributed by atoms with E-state index in [9.17, 15) is 4.79 Å². The summed E-state index contributed by atoms with van der Waals surface area (Å²) in [5.74, 6) is 0.631. The summed E-state index contributed by atoms with van der Waals surface area (Å²) in [6, 6.07) is 24.8. The summed E-state index contributed by atoms with van der Waals surface area (Å²) in [5, 5.41) is 4.37. The molecule has 3 aromatic carbocycles. The van der Waals surface area contributed by atoms with Gasteiger partial charge in [-0.1, -0.05) is 65.7 Å². The number of carbonyl (C=O) groups is 1. The van der Waals surface area contributed by atoms with Crippen molar-refractivity contribution in [1.29, 1.82) is 0 Å². The maximum atomic E-state index is 12.2. The minimum absolute atomic E-state index is 0.0156. The molecule has 0 saturated heterocycles. The Morgan fingerprint density at radius 3 is 2.11 bits per heavy atom. The SMILES string of the molecule is O=C(COc1ccccc1)NC[C@H](Cc1ccc(Cl)cc1)c1ccc(Cl)cc1. The number of hydrogen-bond acceptors (Lipinski definition) is 2. The molecule has 3 nitrogen and oxygen atoms in total. The zero-order chi connectivity index (χ0) is 19.8. The Hall–Kier alpha value is -2.49. The standard InChI is InChI=1S/C23H21Cl2NO2/c24-20-10-6-17(7-11-20)14-19(18-8-12-21(25)13-9-18)15-26-23(27)16-28-22-4-2-1-3-5-22/h1-13,19H,14-16H2,(H,26,27)/t19-/m0/s1. The molecule has 3 rings (SSSR count). The zero-order valence-corrected chi connectivity index (χ0v) is 16.8. The molecule has 0 bridgehead atoms. The average Bonchev–Trinajstić information content (AvgIpc) is 2.72. The normalized spacial score (nSPS) is 11.6. The highest BCUT2D eigenvalue weighted by Gasteiger charge is 2.14. The Morgan fingerprint density at radius 2 is 1.46 bits per heavy atom. The highest BCUT2D eigenvalue weighted by Crippen LogP contribution is 2.23. The Balaban J connectivity index is 1.62. The molecule has 3 aromatic rings. The first kappa shape index (κ1) is 20.2. The minimum Gasteiger partial charge on any atom is -0.484 e. The van der Waals surface area contributed by atoms with Crippen molar-refractivity contribution in [2.24, 2.45) is 0 Å². The van der Waals surface area contributed by atoms with Crippen LogP contribution in [0, 0.1) is 0 Å². The number of nitrogens with one attached hydrogen (secondary N) is 1. The summed E-state index contributed by atoms with van der Waals surface area (Å²) < 4.78 is 5.51. The second-order valence-electron chi connectivity index (χ2n) is 6.48. The quantitative estimate of drug-likeness (QED) is 0.528. The number of amides is 1. The number of ether oxygens (including phenoxy) is 1. The summed E-state index contributed by atoms with van der Waals surface area (Å²) in [6.45, 7) is 0.486. The number of para-hydroxylation sites is 1. The van der Waals surface area contributed by atoms with Gasteiger partial charge < -0.3 is 10.1 Å².